The van der Waals surface area contributed by atoms with Gasteiger partial charge in [0.1, 0.15) is 5.75 Å². The van der Waals surface area contributed by atoms with Gasteiger partial charge in [0.2, 0.25) is 0 Å². The first kappa shape index (κ1) is 14.8. The van der Waals surface area contributed by atoms with Crippen LogP contribution in [0.5, 0.6) is 5.75 Å². The van der Waals surface area contributed by atoms with E-state index >= 15 is 0 Å². The van der Waals surface area contributed by atoms with Crippen LogP contribution in [0.4, 0.5) is 5.69 Å². The highest BCUT2D eigenvalue weighted by Crippen LogP contribution is 2.17. The lowest BCUT2D eigenvalue weighted by molar-refractivity contribution is -0.118. The summed E-state index contributed by atoms with van der Waals surface area (Å²) >= 11 is 2.21. The average molecular weight is 381 g/mol. The monoisotopic (exact) mass is 381 g/mol. The van der Waals surface area contributed by atoms with E-state index in [4.69, 9.17) is 4.74 Å². The van der Waals surface area contributed by atoms with Crippen LogP contribution in [0.2, 0.25) is 0 Å². The first-order valence-corrected chi connectivity index (χ1v) is 7.38. The number of hydrogen-bond acceptors (Lipinski definition) is 2. The lowest BCUT2D eigenvalue weighted by atomic mass is 10.1. The minimum Gasteiger partial charge on any atom is -0.484 e. The van der Waals surface area contributed by atoms with E-state index in [0.29, 0.717) is 5.75 Å². The molecule has 4 heteroatoms. The Balaban J connectivity index is 1.92. The number of carbonyl (C=O) groups is 1. The van der Waals surface area contributed by atoms with Crippen molar-refractivity contribution in [3.05, 3.63) is 57.2 Å². The minimum atomic E-state index is -0.157. The summed E-state index contributed by atoms with van der Waals surface area (Å²) in [5.41, 5.74) is 3.05. The van der Waals surface area contributed by atoms with Crippen molar-refractivity contribution in [2.75, 3.05) is 11.9 Å². The van der Waals surface area contributed by atoms with Gasteiger partial charge in [-0.15, -0.1) is 0 Å². The molecule has 0 aliphatic rings. The topological polar surface area (TPSA) is 38.3 Å². The van der Waals surface area contributed by atoms with Crippen molar-refractivity contribution < 1.29 is 9.53 Å². The van der Waals surface area contributed by atoms with Crippen molar-refractivity contribution in [3.63, 3.8) is 0 Å². The molecule has 0 unspecified atom stereocenters. The smallest absolute Gasteiger partial charge is 0.262 e. The molecule has 1 N–H and O–H groups in total. The predicted octanol–water partition coefficient (Wildman–Crippen LogP) is 3.93. The third kappa shape index (κ3) is 4.23. The number of nitrogens with one attached hydrogen (secondary N) is 1. The SMILES string of the molecule is Cc1ccc(NC(=O)COc2cccc(I)c2)c(C)c1. The predicted molar refractivity (Wildman–Crippen MR) is 89.2 cm³/mol. The zero-order valence-electron chi connectivity index (χ0n) is 11.4. The number of amides is 1. The first-order valence-electron chi connectivity index (χ1n) is 6.30. The maximum Gasteiger partial charge on any atom is 0.262 e. The van der Waals surface area contributed by atoms with E-state index in [0.717, 1.165) is 14.8 Å². The van der Waals surface area contributed by atoms with Crippen molar-refractivity contribution in [1.29, 1.82) is 0 Å². The zero-order valence-corrected chi connectivity index (χ0v) is 13.6. The van der Waals surface area contributed by atoms with Gasteiger partial charge in [-0.1, -0.05) is 23.8 Å². The number of ether oxygens (including phenoxy) is 1. The molecule has 2 aromatic carbocycles. The lowest BCUT2D eigenvalue weighted by Crippen LogP contribution is -2.20. The molecule has 0 atom stereocenters. The fraction of sp³-hybridized carbons (Fsp3) is 0.188. The molecule has 104 valence electrons. The van der Waals surface area contributed by atoms with Crippen LogP contribution in [-0.4, -0.2) is 12.5 Å². The van der Waals surface area contributed by atoms with Crippen molar-refractivity contribution in [3.8, 4) is 5.75 Å². The number of rotatable bonds is 4. The Bertz CT molecular complexity index is 626. The van der Waals surface area contributed by atoms with Gasteiger partial charge in [-0.3, -0.25) is 4.79 Å². The van der Waals surface area contributed by atoms with E-state index in [9.17, 15) is 4.79 Å². The van der Waals surface area contributed by atoms with Gasteiger partial charge in [0.05, 0.1) is 0 Å². The third-order valence-corrected chi connectivity index (χ3v) is 3.49. The molecule has 0 aliphatic carbocycles. The summed E-state index contributed by atoms with van der Waals surface area (Å²) in [6.07, 6.45) is 0. The molecule has 0 aliphatic heterocycles. The summed E-state index contributed by atoms with van der Waals surface area (Å²) in [7, 11) is 0. The van der Waals surface area contributed by atoms with E-state index in [2.05, 4.69) is 27.9 Å². The standard InChI is InChI=1S/C16H16INO2/c1-11-6-7-15(12(2)8-11)18-16(19)10-20-14-5-3-4-13(17)9-14/h3-9H,10H2,1-2H3,(H,18,19). The summed E-state index contributed by atoms with van der Waals surface area (Å²) in [6.45, 7) is 4.01. The van der Waals surface area contributed by atoms with E-state index < -0.39 is 0 Å². The molecule has 0 radical (unpaired) electrons. The highest BCUT2D eigenvalue weighted by Gasteiger charge is 2.06. The van der Waals surface area contributed by atoms with Crippen LogP contribution in [-0.2, 0) is 4.79 Å². The van der Waals surface area contributed by atoms with Crippen LogP contribution in [0.15, 0.2) is 42.5 Å². The number of carbonyl (C=O) groups excluding carboxylic acids is 1. The van der Waals surface area contributed by atoms with Gasteiger partial charge < -0.3 is 10.1 Å². The molecule has 0 aromatic heterocycles. The molecule has 2 aromatic rings. The summed E-state index contributed by atoms with van der Waals surface area (Å²) in [4.78, 5) is 11.9. The first-order chi connectivity index (χ1) is 9.54. The van der Waals surface area contributed by atoms with Crippen molar-refractivity contribution >= 4 is 34.2 Å². The average Bonchev–Trinajstić information content (AvgIpc) is 2.40. The lowest BCUT2D eigenvalue weighted by Gasteiger charge is -2.10. The second-order valence-corrected chi connectivity index (χ2v) is 5.86. The summed E-state index contributed by atoms with van der Waals surface area (Å²) in [5, 5.41) is 2.86. The maximum absolute atomic E-state index is 11.9. The van der Waals surface area contributed by atoms with E-state index in [1.807, 2.05) is 56.3 Å². The Labute approximate surface area is 132 Å². The van der Waals surface area contributed by atoms with E-state index in [1.165, 1.54) is 5.56 Å². The Morgan fingerprint density at radius 2 is 2.00 bits per heavy atom. The number of benzene rings is 2. The van der Waals surface area contributed by atoms with Crippen LogP contribution in [0.3, 0.4) is 0 Å². The number of aryl methyl sites for hydroxylation is 2. The Hall–Kier alpha value is -1.56. The van der Waals surface area contributed by atoms with Crippen LogP contribution >= 0.6 is 22.6 Å². The molecule has 3 nitrogen and oxygen atoms in total. The molecule has 0 saturated carbocycles. The Kier molecular flexibility index (Phi) is 5.00. The summed E-state index contributed by atoms with van der Waals surface area (Å²) in [5.74, 6) is 0.545. The normalized spacial score (nSPS) is 10.2. The van der Waals surface area contributed by atoms with Gasteiger partial charge in [-0.2, -0.15) is 0 Å². The highest BCUT2D eigenvalue weighted by atomic mass is 127. The molecule has 0 bridgehead atoms. The third-order valence-electron chi connectivity index (χ3n) is 2.82. The Morgan fingerprint density at radius 1 is 1.20 bits per heavy atom. The minimum absolute atomic E-state index is 0.00735. The second-order valence-electron chi connectivity index (χ2n) is 4.61. The quantitative estimate of drug-likeness (QED) is 0.816. The van der Waals surface area contributed by atoms with Crippen LogP contribution in [0.25, 0.3) is 0 Å². The molecule has 20 heavy (non-hydrogen) atoms. The van der Waals surface area contributed by atoms with E-state index in [-0.39, 0.29) is 12.5 Å². The zero-order chi connectivity index (χ0) is 14.5. The van der Waals surface area contributed by atoms with Crippen LogP contribution < -0.4 is 10.1 Å². The summed E-state index contributed by atoms with van der Waals surface area (Å²) in [6, 6.07) is 13.5. The molecule has 0 fully saturated rings. The fourth-order valence-electron chi connectivity index (χ4n) is 1.85. The van der Waals surface area contributed by atoms with Gasteiger partial charge >= 0.3 is 0 Å². The van der Waals surface area contributed by atoms with Crippen molar-refractivity contribution in [2.45, 2.75) is 13.8 Å². The van der Waals surface area contributed by atoms with Crippen LogP contribution in [0.1, 0.15) is 11.1 Å². The number of halogens is 1. The fourth-order valence-corrected chi connectivity index (χ4v) is 2.36. The molecule has 0 spiro atoms. The van der Waals surface area contributed by atoms with Crippen molar-refractivity contribution in [1.82, 2.24) is 0 Å². The second kappa shape index (κ2) is 6.74. The summed E-state index contributed by atoms with van der Waals surface area (Å²) < 4.78 is 6.55. The maximum atomic E-state index is 11.9. The van der Waals surface area contributed by atoms with E-state index in [1.54, 1.807) is 0 Å². The van der Waals surface area contributed by atoms with Gasteiger partial charge in [0, 0.05) is 9.26 Å². The highest BCUT2D eigenvalue weighted by molar-refractivity contribution is 14.1. The molecular weight excluding hydrogens is 365 g/mol. The number of anilines is 1. The van der Waals surface area contributed by atoms with Gasteiger partial charge in [-0.05, 0) is 66.3 Å². The Morgan fingerprint density at radius 3 is 2.70 bits per heavy atom. The molecule has 0 heterocycles. The molecule has 0 saturated heterocycles. The molecule has 2 rings (SSSR count). The number of hydrogen-bond donors (Lipinski definition) is 1. The van der Waals surface area contributed by atoms with Gasteiger partial charge in [0.15, 0.2) is 6.61 Å². The van der Waals surface area contributed by atoms with Gasteiger partial charge in [-0.25, -0.2) is 0 Å². The molecule has 1 amide bonds. The largest absolute Gasteiger partial charge is 0.484 e. The van der Waals surface area contributed by atoms with Crippen molar-refractivity contribution in [2.24, 2.45) is 0 Å². The van der Waals surface area contributed by atoms with Gasteiger partial charge in [0.25, 0.3) is 5.91 Å². The van der Waals surface area contributed by atoms with Crippen LogP contribution in [0, 0.1) is 17.4 Å². The molecular formula is C16H16INO2.